The molecule has 2 fully saturated rings. The third kappa shape index (κ3) is 4.74. The molecule has 9 heteroatoms. The first-order chi connectivity index (χ1) is 11.7. The number of sulfonamides is 1. The highest BCUT2D eigenvalue weighted by Gasteiger charge is 2.39. The van der Waals surface area contributed by atoms with E-state index in [4.69, 9.17) is 5.11 Å². The van der Waals surface area contributed by atoms with Crippen LogP contribution in [0.15, 0.2) is 23.1 Å². The van der Waals surface area contributed by atoms with Crippen LogP contribution in [0.3, 0.4) is 0 Å². The highest BCUT2D eigenvalue weighted by Crippen LogP contribution is 2.34. The van der Waals surface area contributed by atoms with E-state index in [0.717, 1.165) is 25.0 Å². The van der Waals surface area contributed by atoms with Gasteiger partial charge in [0.1, 0.15) is 11.6 Å². The number of rotatable bonds is 8. The Kier molecular flexibility index (Phi) is 5.08. The van der Waals surface area contributed by atoms with Crippen LogP contribution < -0.4 is 4.72 Å². The van der Waals surface area contributed by atoms with Crippen molar-refractivity contribution in [2.24, 2.45) is 5.92 Å². The van der Waals surface area contributed by atoms with Gasteiger partial charge in [0, 0.05) is 24.7 Å². The first-order valence-corrected chi connectivity index (χ1v) is 9.65. The molecule has 1 aromatic carbocycles. The molecule has 2 aliphatic rings. The van der Waals surface area contributed by atoms with Crippen molar-refractivity contribution in [3.63, 3.8) is 0 Å². The summed E-state index contributed by atoms with van der Waals surface area (Å²) in [5, 5.41) is 9.01. The van der Waals surface area contributed by atoms with Crippen LogP contribution in [0.5, 0.6) is 0 Å². The number of nitrogens with zero attached hydrogens (tertiary/aromatic N) is 1. The smallest absolute Gasteiger partial charge is 0.317 e. The number of aliphatic carboxylic acids is 1. The van der Waals surface area contributed by atoms with Gasteiger partial charge in [-0.15, -0.1) is 0 Å². The molecule has 0 radical (unpaired) electrons. The highest BCUT2D eigenvalue weighted by molar-refractivity contribution is 7.89. The lowest BCUT2D eigenvalue weighted by molar-refractivity contribution is -0.139. The molecule has 138 valence electrons. The molecule has 3 rings (SSSR count). The molecule has 0 aliphatic heterocycles. The molecule has 0 amide bonds. The first-order valence-electron chi connectivity index (χ1n) is 8.17. The summed E-state index contributed by atoms with van der Waals surface area (Å²) in [6.45, 7) is 0.654. The van der Waals surface area contributed by atoms with Gasteiger partial charge in [-0.2, -0.15) is 0 Å². The molecule has 25 heavy (non-hydrogen) atoms. The average molecular weight is 374 g/mol. The number of carbonyl (C=O) groups is 1. The molecule has 2 aliphatic carbocycles. The van der Waals surface area contributed by atoms with E-state index in [0.29, 0.717) is 31.4 Å². The molecule has 0 bridgehead atoms. The summed E-state index contributed by atoms with van der Waals surface area (Å²) in [5.74, 6) is -2.28. The molecule has 0 spiro atoms. The van der Waals surface area contributed by atoms with Gasteiger partial charge in [0.05, 0.1) is 11.4 Å². The Hall–Kier alpha value is -1.58. The number of carboxylic acids is 1. The Morgan fingerprint density at radius 2 is 1.80 bits per heavy atom. The maximum Gasteiger partial charge on any atom is 0.317 e. The summed E-state index contributed by atoms with van der Waals surface area (Å²) in [6, 6.07) is 1.79. The molecule has 2 N–H and O–H groups in total. The largest absolute Gasteiger partial charge is 0.480 e. The van der Waals surface area contributed by atoms with Gasteiger partial charge in [-0.25, -0.2) is 21.9 Å². The molecule has 0 atom stereocenters. The van der Waals surface area contributed by atoms with Crippen LogP contribution in [0.1, 0.15) is 25.7 Å². The predicted octanol–water partition coefficient (Wildman–Crippen LogP) is 1.57. The lowest BCUT2D eigenvalue weighted by atomic mass is 9.86. The third-order valence-corrected chi connectivity index (χ3v) is 6.13. The minimum Gasteiger partial charge on any atom is -0.480 e. The molecule has 1 aromatic rings. The number of carboxylic acid groups (broad SMARTS) is 1. The van der Waals surface area contributed by atoms with Crippen molar-refractivity contribution >= 4 is 16.0 Å². The number of hydrogen-bond acceptors (Lipinski definition) is 4. The Bertz CT molecular complexity index is 741. The van der Waals surface area contributed by atoms with Gasteiger partial charge in [-0.1, -0.05) is 0 Å². The summed E-state index contributed by atoms with van der Waals surface area (Å²) in [6.07, 6.45) is 3.17. The predicted molar refractivity (Wildman–Crippen MR) is 85.4 cm³/mol. The van der Waals surface area contributed by atoms with E-state index < -0.39 is 32.5 Å². The van der Waals surface area contributed by atoms with Crippen LogP contribution in [-0.4, -0.2) is 49.6 Å². The second-order valence-corrected chi connectivity index (χ2v) is 8.53. The zero-order chi connectivity index (χ0) is 18.2. The topological polar surface area (TPSA) is 86.7 Å². The fourth-order valence-corrected chi connectivity index (χ4v) is 4.40. The van der Waals surface area contributed by atoms with Crippen molar-refractivity contribution in [3.8, 4) is 0 Å². The van der Waals surface area contributed by atoms with Crippen LogP contribution in [0.4, 0.5) is 8.78 Å². The molecular formula is C16H20F2N2O4S. The van der Waals surface area contributed by atoms with Crippen LogP contribution >= 0.6 is 0 Å². The Morgan fingerprint density at radius 1 is 1.20 bits per heavy atom. The van der Waals surface area contributed by atoms with Gasteiger partial charge in [0.2, 0.25) is 10.0 Å². The van der Waals surface area contributed by atoms with Gasteiger partial charge in [0.25, 0.3) is 0 Å². The molecule has 2 saturated carbocycles. The zero-order valence-corrected chi connectivity index (χ0v) is 14.3. The minimum absolute atomic E-state index is 0.00801. The van der Waals surface area contributed by atoms with Crippen molar-refractivity contribution in [2.45, 2.75) is 42.7 Å². The fraction of sp³-hybridized carbons (Fsp3) is 0.562. The maximum absolute atomic E-state index is 13.2. The third-order valence-electron chi connectivity index (χ3n) is 4.63. The average Bonchev–Trinajstić information content (AvgIpc) is 3.24. The summed E-state index contributed by atoms with van der Waals surface area (Å²) >= 11 is 0. The molecule has 0 unspecified atom stereocenters. The van der Waals surface area contributed by atoms with E-state index in [-0.39, 0.29) is 18.6 Å². The molecule has 0 saturated heterocycles. The Morgan fingerprint density at radius 3 is 2.32 bits per heavy atom. The van der Waals surface area contributed by atoms with Crippen molar-refractivity contribution in [3.05, 3.63) is 29.8 Å². The van der Waals surface area contributed by atoms with Crippen LogP contribution in [-0.2, 0) is 14.8 Å². The van der Waals surface area contributed by atoms with Crippen LogP contribution in [0.2, 0.25) is 0 Å². The van der Waals surface area contributed by atoms with E-state index in [1.54, 1.807) is 0 Å². The van der Waals surface area contributed by atoms with E-state index >= 15 is 0 Å². The number of hydrogen-bond donors (Lipinski definition) is 2. The van der Waals surface area contributed by atoms with Crippen molar-refractivity contribution in [1.82, 2.24) is 9.62 Å². The first kappa shape index (κ1) is 18.2. The normalized spacial score (nSPS) is 23.5. The number of benzene rings is 1. The second kappa shape index (κ2) is 6.97. The zero-order valence-electron chi connectivity index (χ0n) is 13.5. The number of halogens is 2. The monoisotopic (exact) mass is 374 g/mol. The summed E-state index contributed by atoms with van der Waals surface area (Å²) in [5.41, 5.74) is 0. The minimum atomic E-state index is -4.01. The van der Waals surface area contributed by atoms with Gasteiger partial charge in [0.15, 0.2) is 0 Å². The standard InChI is InChI=1S/C16H20F2N2O4S/c17-11-3-12(18)5-15(4-11)25(23,24)19-13-6-14(7-13)20(9-16(21)22)8-10-1-2-10/h3-5,10,13-14,19H,1-2,6-9H2,(H,21,22). The summed E-state index contributed by atoms with van der Waals surface area (Å²) < 4.78 is 53.3. The SMILES string of the molecule is O=C(O)CN(CC1CC1)C1CC(NS(=O)(=O)c2cc(F)cc(F)c2)C1. The Labute approximate surface area is 144 Å². The Balaban J connectivity index is 1.58. The van der Waals surface area contributed by atoms with Gasteiger partial charge < -0.3 is 5.11 Å². The van der Waals surface area contributed by atoms with E-state index in [9.17, 15) is 22.0 Å². The molecule has 6 nitrogen and oxygen atoms in total. The van der Waals surface area contributed by atoms with Crippen molar-refractivity contribution in [1.29, 1.82) is 0 Å². The lowest BCUT2D eigenvalue weighted by Gasteiger charge is -2.42. The lowest BCUT2D eigenvalue weighted by Crippen LogP contribution is -2.55. The second-order valence-electron chi connectivity index (χ2n) is 6.82. The van der Waals surface area contributed by atoms with Crippen LogP contribution in [0, 0.1) is 17.6 Å². The van der Waals surface area contributed by atoms with Crippen LogP contribution in [0.25, 0.3) is 0 Å². The summed E-state index contributed by atoms with van der Waals surface area (Å²) in [4.78, 5) is 12.4. The van der Waals surface area contributed by atoms with Gasteiger partial charge in [-0.3, -0.25) is 9.69 Å². The quantitative estimate of drug-likeness (QED) is 0.721. The van der Waals surface area contributed by atoms with Crippen molar-refractivity contribution in [2.75, 3.05) is 13.1 Å². The van der Waals surface area contributed by atoms with Crippen molar-refractivity contribution < 1.29 is 27.1 Å². The van der Waals surface area contributed by atoms with Gasteiger partial charge in [-0.05, 0) is 43.7 Å². The molecule has 0 heterocycles. The maximum atomic E-state index is 13.2. The summed E-state index contributed by atoms with van der Waals surface area (Å²) in [7, 11) is -4.01. The van der Waals surface area contributed by atoms with E-state index in [2.05, 4.69) is 4.72 Å². The van der Waals surface area contributed by atoms with E-state index in [1.807, 2.05) is 4.90 Å². The van der Waals surface area contributed by atoms with E-state index in [1.165, 1.54) is 0 Å². The molecular weight excluding hydrogens is 354 g/mol. The number of nitrogens with one attached hydrogen (secondary N) is 1. The fourth-order valence-electron chi connectivity index (χ4n) is 3.10. The highest BCUT2D eigenvalue weighted by atomic mass is 32.2. The molecule has 0 aromatic heterocycles. The van der Waals surface area contributed by atoms with Gasteiger partial charge >= 0.3 is 5.97 Å².